The fourth-order valence-electron chi connectivity index (χ4n) is 6.03. The Balaban J connectivity index is 1.42. The van der Waals surface area contributed by atoms with Gasteiger partial charge in [-0.25, -0.2) is 9.97 Å². The number of fused-ring (bicyclic) bond motifs is 4. The summed E-state index contributed by atoms with van der Waals surface area (Å²) in [6.45, 7) is 6.99. The van der Waals surface area contributed by atoms with E-state index in [4.69, 9.17) is 24.0 Å². The van der Waals surface area contributed by atoms with Gasteiger partial charge in [-0.05, 0) is 57.9 Å². The summed E-state index contributed by atoms with van der Waals surface area (Å²) >= 11 is 0. The summed E-state index contributed by atoms with van der Waals surface area (Å²) in [5.74, 6) is 1.90. The zero-order valence-corrected chi connectivity index (χ0v) is 23.9. The van der Waals surface area contributed by atoms with Crippen LogP contribution in [0.5, 0.6) is 5.75 Å². The minimum atomic E-state index is -0.134. The van der Waals surface area contributed by atoms with E-state index in [0.717, 1.165) is 68.4 Å². The molecule has 10 heteroatoms. The molecule has 2 N–H and O–H groups in total. The van der Waals surface area contributed by atoms with E-state index in [1.165, 1.54) is 0 Å². The summed E-state index contributed by atoms with van der Waals surface area (Å²) in [7, 11) is 1.66. The zero-order valence-electron chi connectivity index (χ0n) is 23.9. The van der Waals surface area contributed by atoms with Crippen molar-refractivity contribution in [1.82, 2.24) is 30.4 Å². The Bertz CT molecular complexity index is 1980. The number of H-pyrrole nitrogens is 1. The zero-order chi connectivity index (χ0) is 29.0. The van der Waals surface area contributed by atoms with E-state index in [1.54, 1.807) is 13.3 Å². The van der Waals surface area contributed by atoms with Crippen molar-refractivity contribution in [2.24, 2.45) is 0 Å². The molecule has 42 heavy (non-hydrogen) atoms. The molecule has 5 heterocycles. The first-order valence-corrected chi connectivity index (χ1v) is 14.0. The van der Waals surface area contributed by atoms with Crippen LogP contribution >= 0.6 is 0 Å². The average Bonchev–Trinajstić information content (AvgIpc) is 3.53. The summed E-state index contributed by atoms with van der Waals surface area (Å²) in [5.41, 5.74) is 6.96. The predicted molar refractivity (Wildman–Crippen MR) is 160 cm³/mol. The van der Waals surface area contributed by atoms with Crippen molar-refractivity contribution in [3.05, 3.63) is 65.4 Å². The molecule has 2 aromatic carbocycles. The lowest BCUT2D eigenvalue weighted by Gasteiger charge is -2.23. The highest BCUT2D eigenvalue weighted by molar-refractivity contribution is 6.17. The fraction of sp³-hybridized carbons (Fsp3) is 0.281. The number of pyridine rings is 1. The third-order valence-electron chi connectivity index (χ3n) is 8.01. The van der Waals surface area contributed by atoms with Crippen LogP contribution < -0.4 is 10.1 Å². The molecule has 7 rings (SSSR count). The minimum Gasteiger partial charge on any atom is -0.496 e. The number of ether oxygens (including phenoxy) is 2. The third-order valence-corrected chi connectivity index (χ3v) is 8.01. The van der Waals surface area contributed by atoms with E-state index >= 15 is 0 Å². The number of aromatic nitrogens is 5. The minimum absolute atomic E-state index is 0.0883. The largest absolute Gasteiger partial charge is 0.496 e. The monoisotopic (exact) mass is 562 g/mol. The Labute approximate surface area is 241 Å². The molecule has 1 aliphatic heterocycles. The summed E-state index contributed by atoms with van der Waals surface area (Å²) in [5, 5.41) is 9.93. The van der Waals surface area contributed by atoms with E-state index in [-0.39, 0.29) is 11.9 Å². The Morgan fingerprint density at radius 3 is 2.64 bits per heavy atom. The molecule has 0 spiro atoms. The van der Waals surface area contributed by atoms with Crippen LogP contribution in [0.25, 0.3) is 55.2 Å². The first kappa shape index (κ1) is 26.1. The number of aryl methyl sites for hydroxylation is 3. The smallest absolute Gasteiger partial charge is 0.253 e. The topological polar surface area (TPSA) is 128 Å². The van der Waals surface area contributed by atoms with E-state index in [9.17, 15) is 4.79 Å². The number of carbonyl (C=O) groups is 1. The number of carbonyl (C=O) groups excluding carboxylic acids is 1. The van der Waals surface area contributed by atoms with Crippen molar-refractivity contribution < 1.29 is 18.8 Å². The SMILES string of the molecule is COc1cc2c(cc1-c1c(C)noc1C)[nH]c1nc(C)nc(-c3ccc(C(=O)NC4CCOCC4)c4ncccc34)c12. The van der Waals surface area contributed by atoms with Gasteiger partial charge in [-0.15, -0.1) is 0 Å². The van der Waals surface area contributed by atoms with Crippen molar-refractivity contribution in [2.75, 3.05) is 20.3 Å². The van der Waals surface area contributed by atoms with Gasteiger partial charge in [0, 0.05) is 52.9 Å². The molecule has 0 saturated carbocycles. The van der Waals surface area contributed by atoms with E-state index in [1.807, 2.05) is 57.2 Å². The Hall–Kier alpha value is -4.83. The van der Waals surface area contributed by atoms with E-state index < -0.39 is 0 Å². The molecule has 4 aromatic heterocycles. The average molecular weight is 563 g/mol. The lowest BCUT2D eigenvalue weighted by molar-refractivity contribution is 0.0697. The second-order valence-corrected chi connectivity index (χ2v) is 10.7. The molecule has 0 unspecified atom stereocenters. The van der Waals surface area contributed by atoms with Crippen LogP contribution in [0.1, 0.15) is 40.5 Å². The molecule has 1 fully saturated rings. The maximum absolute atomic E-state index is 13.4. The number of hydrogen-bond acceptors (Lipinski definition) is 8. The number of methoxy groups -OCH3 is 1. The lowest BCUT2D eigenvalue weighted by Crippen LogP contribution is -2.39. The molecular formula is C32H30N6O4. The number of nitrogens with zero attached hydrogens (tertiary/aromatic N) is 4. The highest BCUT2D eigenvalue weighted by atomic mass is 16.5. The summed E-state index contributed by atoms with van der Waals surface area (Å²) in [4.78, 5) is 31.2. The molecular weight excluding hydrogens is 532 g/mol. The molecule has 0 radical (unpaired) electrons. The third kappa shape index (κ3) is 4.26. The fourth-order valence-corrected chi connectivity index (χ4v) is 6.03. The van der Waals surface area contributed by atoms with Crippen LogP contribution in [0.15, 0.2) is 47.1 Å². The summed E-state index contributed by atoms with van der Waals surface area (Å²) < 4.78 is 16.8. The molecule has 0 bridgehead atoms. The van der Waals surface area contributed by atoms with Gasteiger partial charge < -0.3 is 24.3 Å². The predicted octanol–water partition coefficient (Wildman–Crippen LogP) is 5.82. The Morgan fingerprint density at radius 1 is 1.05 bits per heavy atom. The van der Waals surface area contributed by atoms with E-state index in [2.05, 4.69) is 20.4 Å². The first-order valence-electron chi connectivity index (χ1n) is 14.0. The number of aromatic amines is 1. The second-order valence-electron chi connectivity index (χ2n) is 10.7. The van der Waals surface area contributed by atoms with Gasteiger partial charge in [-0.1, -0.05) is 17.3 Å². The van der Waals surface area contributed by atoms with Crippen molar-refractivity contribution in [3.63, 3.8) is 0 Å². The van der Waals surface area contributed by atoms with Crippen LogP contribution in [-0.4, -0.2) is 57.4 Å². The lowest BCUT2D eigenvalue weighted by atomic mass is 9.97. The number of rotatable bonds is 5. The first-order chi connectivity index (χ1) is 20.4. The van der Waals surface area contributed by atoms with E-state index in [0.29, 0.717) is 41.5 Å². The van der Waals surface area contributed by atoms with Crippen LogP contribution in [-0.2, 0) is 4.74 Å². The molecule has 0 aliphatic carbocycles. The molecule has 10 nitrogen and oxygen atoms in total. The molecule has 6 aromatic rings. The van der Waals surface area contributed by atoms with Crippen molar-refractivity contribution >= 4 is 38.7 Å². The van der Waals surface area contributed by atoms with Crippen molar-refractivity contribution in [2.45, 2.75) is 39.7 Å². The van der Waals surface area contributed by atoms with Crippen LogP contribution in [0, 0.1) is 20.8 Å². The van der Waals surface area contributed by atoms with Crippen LogP contribution in [0.4, 0.5) is 0 Å². The van der Waals surface area contributed by atoms with Crippen LogP contribution in [0.3, 0.4) is 0 Å². The molecule has 212 valence electrons. The maximum atomic E-state index is 13.4. The van der Waals surface area contributed by atoms with Gasteiger partial charge >= 0.3 is 0 Å². The quantitative estimate of drug-likeness (QED) is 0.269. The Morgan fingerprint density at radius 2 is 1.88 bits per heavy atom. The highest BCUT2D eigenvalue weighted by Crippen LogP contribution is 2.42. The van der Waals surface area contributed by atoms with Gasteiger partial charge in [-0.2, -0.15) is 0 Å². The normalized spacial score (nSPS) is 14.2. The summed E-state index contributed by atoms with van der Waals surface area (Å²) in [6.07, 6.45) is 3.32. The molecule has 1 aliphatic rings. The molecule has 0 atom stereocenters. The number of amides is 1. The van der Waals surface area contributed by atoms with Gasteiger partial charge in [0.05, 0.1) is 40.5 Å². The Kier molecular flexibility index (Phi) is 6.35. The molecule has 1 amide bonds. The van der Waals surface area contributed by atoms with Crippen molar-refractivity contribution in [3.8, 4) is 28.1 Å². The standard InChI is InChI=1S/C32H30N6O4/c1-16-27(17(2)42-38-16)24-14-25-23(15-26(24)40-4)28-30(34-18(3)35-31(28)37-25)21-7-8-22(29-20(21)6-5-11-33-29)32(39)36-19-9-12-41-13-10-19/h5-8,11,14-15,19H,9-10,12-13H2,1-4H3,(H,36,39)(H,34,35,37). The highest BCUT2D eigenvalue weighted by Gasteiger charge is 2.24. The van der Waals surface area contributed by atoms with Gasteiger partial charge in [0.1, 0.15) is 23.0 Å². The van der Waals surface area contributed by atoms with Gasteiger partial charge in [0.25, 0.3) is 5.91 Å². The van der Waals surface area contributed by atoms with Gasteiger partial charge in [0.2, 0.25) is 0 Å². The van der Waals surface area contributed by atoms with Gasteiger partial charge in [-0.3, -0.25) is 9.78 Å². The number of hydrogen-bond donors (Lipinski definition) is 2. The maximum Gasteiger partial charge on any atom is 0.253 e. The number of benzene rings is 2. The summed E-state index contributed by atoms with van der Waals surface area (Å²) in [6, 6.07) is 11.8. The van der Waals surface area contributed by atoms with Crippen LogP contribution in [0.2, 0.25) is 0 Å². The second kappa shape index (κ2) is 10.2. The van der Waals surface area contributed by atoms with Crippen molar-refractivity contribution in [1.29, 1.82) is 0 Å². The number of nitrogens with one attached hydrogen (secondary N) is 2. The molecule has 1 saturated heterocycles. The van der Waals surface area contributed by atoms with Gasteiger partial charge in [0.15, 0.2) is 0 Å².